The number of aromatic nitrogens is 2. The van der Waals surface area contributed by atoms with Crippen molar-refractivity contribution in [1.82, 2.24) is 15.1 Å². The molecule has 0 radical (unpaired) electrons. The van der Waals surface area contributed by atoms with Crippen LogP contribution >= 0.6 is 0 Å². The van der Waals surface area contributed by atoms with Gasteiger partial charge in [-0.15, -0.1) is 0 Å². The van der Waals surface area contributed by atoms with E-state index < -0.39 is 6.09 Å². The molecule has 142 valence electrons. The summed E-state index contributed by atoms with van der Waals surface area (Å²) in [5, 5.41) is 19.1. The number of carboxylic acid groups (broad SMARTS) is 1. The number of H-pyrrole nitrogens is 1. The first-order chi connectivity index (χ1) is 13.0. The Morgan fingerprint density at radius 3 is 2.70 bits per heavy atom. The van der Waals surface area contributed by atoms with E-state index in [0.29, 0.717) is 17.9 Å². The van der Waals surface area contributed by atoms with Crippen molar-refractivity contribution in [2.75, 3.05) is 11.9 Å². The van der Waals surface area contributed by atoms with Crippen LogP contribution in [0.2, 0.25) is 0 Å². The van der Waals surface area contributed by atoms with Crippen LogP contribution in [0.1, 0.15) is 46.8 Å². The van der Waals surface area contributed by atoms with Crippen LogP contribution in [0, 0.1) is 6.92 Å². The van der Waals surface area contributed by atoms with Gasteiger partial charge in [-0.05, 0) is 37.5 Å². The second kappa shape index (κ2) is 6.70. The van der Waals surface area contributed by atoms with Crippen LogP contribution in [0.3, 0.4) is 0 Å². The van der Waals surface area contributed by atoms with Gasteiger partial charge >= 0.3 is 6.09 Å². The number of anilines is 1. The number of nitrogens with one attached hydrogen (secondary N) is 2. The number of amides is 2. The first-order valence-electron chi connectivity index (χ1n) is 9.08. The Morgan fingerprint density at radius 2 is 2.11 bits per heavy atom. The van der Waals surface area contributed by atoms with E-state index in [1.165, 1.54) is 4.90 Å². The maximum Gasteiger partial charge on any atom is 0.407 e. The predicted octanol–water partition coefficient (Wildman–Crippen LogP) is 2.73. The molecule has 3 atom stereocenters. The third-order valence-electron chi connectivity index (χ3n) is 5.42. The van der Waals surface area contributed by atoms with Gasteiger partial charge in [0.05, 0.1) is 18.7 Å². The summed E-state index contributed by atoms with van der Waals surface area (Å²) in [7, 11) is 0. The highest BCUT2D eigenvalue weighted by atomic mass is 16.5. The lowest BCUT2D eigenvalue weighted by atomic mass is 10.0. The summed E-state index contributed by atoms with van der Waals surface area (Å²) in [6.07, 6.45) is 0.322. The summed E-state index contributed by atoms with van der Waals surface area (Å²) in [5.41, 5.74) is 3.77. The molecule has 1 aromatic carbocycles. The van der Waals surface area contributed by atoms with Crippen LogP contribution in [0.15, 0.2) is 24.3 Å². The molecule has 0 aliphatic carbocycles. The Kier molecular flexibility index (Phi) is 4.35. The van der Waals surface area contributed by atoms with E-state index in [1.54, 1.807) is 12.1 Å². The number of hydrogen-bond donors (Lipinski definition) is 3. The van der Waals surface area contributed by atoms with Crippen LogP contribution in [0.5, 0.6) is 0 Å². The third-order valence-corrected chi connectivity index (χ3v) is 5.42. The number of nitrogens with zero attached hydrogens (tertiary/aromatic N) is 2. The number of ether oxygens (including phenoxy) is 1. The lowest BCUT2D eigenvalue weighted by Crippen LogP contribution is -2.42. The van der Waals surface area contributed by atoms with Crippen LogP contribution in [0.4, 0.5) is 10.5 Å². The Balaban J connectivity index is 1.46. The zero-order valence-electron chi connectivity index (χ0n) is 15.2. The molecule has 27 heavy (non-hydrogen) atoms. The average molecular weight is 370 g/mol. The van der Waals surface area contributed by atoms with Gasteiger partial charge in [0.1, 0.15) is 6.10 Å². The van der Waals surface area contributed by atoms with Crippen molar-refractivity contribution in [2.24, 2.45) is 0 Å². The first-order valence-corrected chi connectivity index (χ1v) is 9.08. The van der Waals surface area contributed by atoms with Gasteiger partial charge in [0.15, 0.2) is 5.69 Å². The number of fused-ring (bicyclic) bond motifs is 2. The van der Waals surface area contributed by atoms with Crippen molar-refractivity contribution in [3.05, 3.63) is 46.8 Å². The van der Waals surface area contributed by atoms with Crippen molar-refractivity contribution in [2.45, 2.75) is 44.9 Å². The summed E-state index contributed by atoms with van der Waals surface area (Å²) >= 11 is 0. The number of aryl methyl sites for hydroxylation is 1. The Bertz CT molecular complexity index is 876. The van der Waals surface area contributed by atoms with Gasteiger partial charge in [-0.2, -0.15) is 5.10 Å². The Labute approximate surface area is 156 Å². The summed E-state index contributed by atoms with van der Waals surface area (Å²) in [6.45, 7) is 4.32. The van der Waals surface area contributed by atoms with E-state index in [-0.39, 0.29) is 24.2 Å². The van der Waals surface area contributed by atoms with E-state index in [1.807, 2.05) is 26.0 Å². The van der Waals surface area contributed by atoms with E-state index in [2.05, 4.69) is 15.5 Å². The molecule has 2 aromatic rings. The summed E-state index contributed by atoms with van der Waals surface area (Å²) in [5.74, 6) is -0.260. The number of carbonyl (C=O) groups excluding carboxylic acids is 1. The van der Waals surface area contributed by atoms with Crippen LogP contribution in [-0.4, -0.2) is 50.9 Å². The molecule has 0 saturated carbocycles. The number of rotatable bonds is 4. The number of morpholine rings is 1. The molecular weight excluding hydrogens is 348 g/mol. The lowest BCUT2D eigenvalue weighted by Gasteiger charge is -2.31. The molecule has 8 nitrogen and oxygen atoms in total. The third kappa shape index (κ3) is 3.06. The number of aromatic amines is 1. The Morgan fingerprint density at radius 1 is 1.37 bits per heavy atom. The van der Waals surface area contributed by atoms with Crippen LogP contribution in [-0.2, 0) is 11.2 Å². The molecule has 8 heteroatoms. The molecule has 2 saturated heterocycles. The molecule has 0 unspecified atom stereocenters. The molecular formula is C19H22N4O4. The highest BCUT2D eigenvalue weighted by molar-refractivity contribution is 6.03. The second-order valence-electron chi connectivity index (χ2n) is 7.02. The largest absolute Gasteiger partial charge is 0.465 e. The number of carbonyl (C=O) groups is 2. The van der Waals surface area contributed by atoms with E-state index in [0.717, 1.165) is 29.7 Å². The van der Waals surface area contributed by atoms with Gasteiger partial charge in [-0.1, -0.05) is 19.1 Å². The number of likely N-dealkylation sites (tertiary alicyclic amines) is 1. The molecule has 3 N–H and O–H groups in total. The molecule has 4 rings (SSSR count). The van der Waals surface area contributed by atoms with Crippen LogP contribution < -0.4 is 5.32 Å². The highest BCUT2D eigenvalue weighted by Gasteiger charge is 2.48. The molecule has 2 aliphatic heterocycles. The zero-order valence-corrected chi connectivity index (χ0v) is 15.2. The topological polar surface area (TPSA) is 108 Å². The summed E-state index contributed by atoms with van der Waals surface area (Å²) in [4.78, 5) is 25.2. The molecule has 3 heterocycles. The van der Waals surface area contributed by atoms with Gasteiger partial charge in [0, 0.05) is 16.9 Å². The number of benzene rings is 1. The Hall–Kier alpha value is -2.87. The SMILES string of the molecule is CCc1[nH]nc(C(=O)Nc2ccc([C@@H]3O[C@@H]4C[C@H]3N(C(=O)O)C4)cc2)c1C. The highest BCUT2D eigenvalue weighted by Crippen LogP contribution is 2.42. The maximum absolute atomic E-state index is 12.4. The molecule has 0 spiro atoms. The van der Waals surface area contributed by atoms with Gasteiger partial charge in [0.25, 0.3) is 5.91 Å². The monoisotopic (exact) mass is 370 g/mol. The van der Waals surface area contributed by atoms with Crippen molar-refractivity contribution in [1.29, 1.82) is 0 Å². The minimum absolute atomic E-state index is 0.0362. The lowest BCUT2D eigenvalue weighted by molar-refractivity contribution is -0.0287. The van der Waals surface area contributed by atoms with Crippen molar-refractivity contribution in [3.8, 4) is 0 Å². The normalized spacial score (nSPS) is 23.6. The average Bonchev–Trinajstić information content (AvgIpc) is 3.35. The van der Waals surface area contributed by atoms with Crippen molar-refractivity contribution >= 4 is 17.7 Å². The van der Waals surface area contributed by atoms with Gasteiger partial charge in [-0.3, -0.25) is 14.8 Å². The first kappa shape index (κ1) is 17.5. The summed E-state index contributed by atoms with van der Waals surface area (Å²) < 4.78 is 5.94. The molecule has 2 aliphatic rings. The van der Waals surface area contributed by atoms with Crippen molar-refractivity contribution in [3.63, 3.8) is 0 Å². The predicted molar refractivity (Wildman–Crippen MR) is 97.8 cm³/mol. The van der Waals surface area contributed by atoms with Gasteiger partial charge in [0.2, 0.25) is 0 Å². The fraction of sp³-hybridized carbons (Fsp3) is 0.421. The molecule has 2 bridgehead atoms. The standard InChI is InChI=1S/C19H22N4O4/c1-3-14-10(2)16(22-21-14)18(24)20-12-6-4-11(5-7-12)17-15-8-13(27-17)9-23(15)19(25)26/h4-7,13,15,17H,3,8-9H2,1-2H3,(H,20,24)(H,21,22)(H,25,26)/t13-,15-,17+/m1/s1. The van der Waals surface area contributed by atoms with E-state index in [9.17, 15) is 14.7 Å². The summed E-state index contributed by atoms with van der Waals surface area (Å²) in [6, 6.07) is 7.20. The second-order valence-corrected chi connectivity index (χ2v) is 7.02. The fourth-order valence-corrected chi connectivity index (χ4v) is 3.98. The maximum atomic E-state index is 12.4. The van der Waals surface area contributed by atoms with Crippen LogP contribution in [0.25, 0.3) is 0 Å². The smallest absolute Gasteiger partial charge is 0.407 e. The van der Waals surface area contributed by atoms with Crippen molar-refractivity contribution < 1.29 is 19.4 Å². The number of hydrogen-bond acceptors (Lipinski definition) is 4. The fourth-order valence-electron chi connectivity index (χ4n) is 3.98. The van der Waals surface area contributed by atoms with Gasteiger partial charge in [-0.25, -0.2) is 4.79 Å². The van der Waals surface area contributed by atoms with E-state index in [4.69, 9.17) is 4.74 Å². The zero-order chi connectivity index (χ0) is 19.1. The van der Waals surface area contributed by atoms with Gasteiger partial charge < -0.3 is 15.2 Å². The molecule has 1 aromatic heterocycles. The molecule has 2 fully saturated rings. The van der Waals surface area contributed by atoms with E-state index >= 15 is 0 Å². The molecule has 2 amide bonds. The minimum Gasteiger partial charge on any atom is -0.465 e. The minimum atomic E-state index is -0.902. The quantitative estimate of drug-likeness (QED) is 0.767.